The van der Waals surface area contributed by atoms with Gasteiger partial charge in [0, 0.05) is 23.2 Å². The Morgan fingerprint density at radius 3 is 2.58 bits per heavy atom. The number of fused-ring (bicyclic) bond motifs is 2. The van der Waals surface area contributed by atoms with Crippen molar-refractivity contribution in [2.45, 2.75) is 36.6 Å². The highest BCUT2D eigenvalue weighted by atomic mass is 32.2. The normalized spacial score (nSPS) is 14.6. The first-order valence-corrected chi connectivity index (χ1v) is 13.3. The van der Waals surface area contributed by atoms with E-state index in [1.165, 1.54) is 24.5 Å². The molecule has 2 aromatic heterocycles. The molecule has 0 bridgehead atoms. The van der Waals surface area contributed by atoms with E-state index in [0.29, 0.717) is 28.2 Å². The van der Waals surface area contributed by atoms with E-state index in [0.717, 1.165) is 42.3 Å². The summed E-state index contributed by atoms with van der Waals surface area (Å²) in [7, 11) is -4.02. The molecule has 5 aromatic rings. The molecule has 36 heavy (non-hydrogen) atoms. The summed E-state index contributed by atoms with van der Waals surface area (Å²) in [6.45, 7) is 0. The molecule has 1 aliphatic rings. The molecular formula is C27H24FN5O2S. The Labute approximate surface area is 207 Å². The van der Waals surface area contributed by atoms with Crippen molar-refractivity contribution in [3.63, 3.8) is 0 Å². The first kappa shape index (κ1) is 22.5. The molecule has 6 rings (SSSR count). The smallest absolute Gasteiger partial charge is 0.262 e. The Morgan fingerprint density at radius 2 is 1.78 bits per heavy atom. The van der Waals surface area contributed by atoms with Crippen LogP contribution in [0, 0.1) is 5.82 Å². The number of halogens is 1. The Bertz CT molecular complexity index is 1720. The number of aromatic nitrogens is 3. The fourth-order valence-corrected chi connectivity index (χ4v) is 6.48. The zero-order chi connectivity index (χ0) is 24.9. The van der Waals surface area contributed by atoms with Crippen LogP contribution in [0.4, 0.5) is 15.9 Å². The maximum Gasteiger partial charge on any atom is 0.262 e. The lowest BCUT2D eigenvalue weighted by molar-refractivity contribution is 0.532. The number of nitrogens with two attached hydrogens (primary N) is 1. The van der Waals surface area contributed by atoms with Crippen molar-refractivity contribution in [3.05, 3.63) is 79.0 Å². The molecule has 3 aromatic carbocycles. The summed E-state index contributed by atoms with van der Waals surface area (Å²) < 4.78 is 46.2. The molecule has 1 aliphatic carbocycles. The summed E-state index contributed by atoms with van der Waals surface area (Å²) in [5, 5.41) is 2.03. The lowest BCUT2D eigenvalue weighted by Crippen LogP contribution is -2.14. The van der Waals surface area contributed by atoms with Crippen LogP contribution in [-0.2, 0) is 10.0 Å². The van der Waals surface area contributed by atoms with Gasteiger partial charge in [-0.25, -0.2) is 22.8 Å². The SMILES string of the molecule is Nc1ncnc2c1c(-c1ccc(NS(=O)(=O)c3cccc4ccccc34)c(F)c1)cn2C1CCCC1. The Balaban J connectivity index is 1.39. The van der Waals surface area contributed by atoms with Gasteiger partial charge in [0.2, 0.25) is 0 Å². The summed E-state index contributed by atoms with van der Waals surface area (Å²) in [5.74, 6) is -0.360. The van der Waals surface area contributed by atoms with Gasteiger partial charge in [-0.2, -0.15) is 0 Å². The first-order valence-electron chi connectivity index (χ1n) is 11.8. The van der Waals surface area contributed by atoms with Crippen LogP contribution in [0.1, 0.15) is 31.7 Å². The van der Waals surface area contributed by atoms with Gasteiger partial charge in [0.25, 0.3) is 10.0 Å². The molecule has 0 spiro atoms. The van der Waals surface area contributed by atoms with Crippen molar-refractivity contribution in [3.8, 4) is 11.1 Å². The number of nitrogens with one attached hydrogen (secondary N) is 1. The molecule has 1 fully saturated rings. The van der Waals surface area contributed by atoms with Crippen molar-refractivity contribution in [1.82, 2.24) is 14.5 Å². The van der Waals surface area contributed by atoms with Gasteiger partial charge in [-0.1, -0.05) is 55.3 Å². The van der Waals surface area contributed by atoms with Gasteiger partial charge in [-0.3, -0.25) is 4.72 Å². The Morgan fingerprint density at radius 1 is 1.00 bits per heavy atom. The maximum atomic E-state index is 15.3. The van der Waals surface area contributed by atoms with Crippen LogP contribution in [0.3, 0.4) is 0 Å². The zero-order valence-corrected chi connectivity index (χ0v) is 20.2. The summed E-state index contributed by atoms with van der Waals surface area (Å²) in [6.07, 6.45) is 7.81. The highest BCUT2D eigenvalue weighted by Crippen LogP contribution is 2.39. The van der Waals surface area contributed by atoms with Crippen LogP contribution >= 0.6 is 0 Å². The Hall–Kier alpha value is -3.98. The van der Waals surface area contributed by atoms with Gasteiger partial charge < -0.3 is 10.3 Å². The average molecular weight is 502 g/mol. The van der Waals surface area contributed by atoms with Crippen molar-refractivity contribution in [2.75, 3.05) is 10.5 Å². The second kappa shape index (κ2) is 8.60. The van der Waals surface area contributed by atoms with Crippen molar-refractivity contribution >= 4 is 43.3 Å². The molecule has 7 nitrogen and oxygen atoms in total. The summed E-state index contributed by atoms with van der Waals surface area (Å²) in [6, 6.07) is 16.9. The minimum Gasteiger partial charge on any atom is -0.383 e. The quantitative estimate of drug-likeness (QED) is 0.313. The molecule has 9 heteroatoms. The fraction of sp³-hybridized carbons (Fsp3) is 0.185. The largest absolute Gasteiger partial charge is 0.383 e. The van der Waals surface area contributed by atoms with E-state index in [4.69, 9.17) is 5.73 Å². The molecular weight excluding hydrogens is 477 g/mol. The molecule has 0 saturated heterocycles. The van der Waals surface area contributed by atoms with Gasteiger partial charge in [0.15, 0.2) is 0 Å². The van der Waals surface area contributed by atoms with Crippen LogP contribution < -0.4 is 10.5 Å². The van der Waals surface area contributed by atoms with Gasteiger partial charge in [0.05, 0.1) is 16.0 Å². The average Bonchev–Trinajstić information content (AvgIpc) is 3.54. The number of sulfonamides is 1. The van der Waals surface area contributed by atoms with E-state index in [1.807, 2.05) is 24.4 Å². The number of benzene rings is 3. The van der Waals surface area contributed by atoms with E-state index in [1.54, 1.807) is 24.3 Å². The second-order valence-electron chi connectivity index (χ2n) is 9.12. The van der Waals surface area contributed by atoms with Crippen LogP contribution in [-0.4, -0.2) is 23.0 Å². The predicted molar refractivity (Wildman–Crippen MR) is 140 cm³/mol. The summed E-state index contributed by atoms with van der Waals surface area (Å²) in [5.41, 5.74) is 8.11. The fourth-order valence-electron chi connectivity index (χ4n) is 5.18. The summed E-state index contributed by atoms with van der Waals surface area (Å²) in [4.78, 5) is 8.71. The van der Waals surface area contributed by atoms with Gasteiger partial charge in [0.1, 0.15) is 23.6 Å². The van der Waals surface area contributed by atoms with Gasteiger partial charge >= 0.3 is 0 Å². The zero-order valence-electron chi connectivity index (χ0n) is 19.4. The topological polar surface area (TPSA) is 103 Å². The van der Waals surface area contributed by atoms with E-state index in [9.17, 15) is 8.42 Å². The first-order chi connectivity index (χ1) is 17.4. The molecule has 1 saturated carbocycles. The third-order valence-electron chi connectivity index (χ3n) is 6.92. The van der Waals surface area contributed by atoms with Crippen molar-refractivity contribution in [1.29, 1.82) is 0 Å². The maximum absolute atomic E-state index is 15.3. The third kappa shape index (κ3) is 3.76. The minimum atomic E-state index is -4.02. The lowest BCUT2D eigenvalue weighted by Gasteiger charge is -2.12. The van der Waals surface area contributed by atoms with Crippen LogP contribution in [0.5, 0.6) is 0 Å². The van der Waals surface area contributed by atoms with Gasteiger partial charge in [-0.15, -0.1) is 0 Å². The molecule has 182 valence electrons. The molecule has 0 aliphatic heterocycles. The molecule has 0 unspecified atom stereocenters. The number of hydrogen-bond acceptors (Lipinski definition) is 5. The van der Waals surface area contributed by atoms with Crippen molar-refractivity contribution < 1.29 is 12.8 Å². The minimum absolute atomic E-state index is 0.0913. The molecule has 2 heterocycles. The van der Waals surface area contributed by atoms with Crippen LogP contribution in [0.15, 0.2) is 78.1 Å². The second-order valence-corrected chi connectivity index (χ2v) is 10.8. The monoisotopic (exact) mass is 501 g/mol. The summed E-state index contributed by atoms with van der Waals surface area (Å²) >= 11 is 0. The van der Waals surface area contributed by atoms with E-state index in [-0.39, 0.29) is 10.6 Å². The number of nitrogens with zero attached hydrogens (tertiary/aromatic N) is 3. The molecule has 0 amide bonds. The highest BCUT2D eigenvalue weighted by molar-refractivity contribution is 7.93. The van der Waals surface area contributed by atoms with Crippen LogP contribution in [0.2, 0.25) is 0 Å². The van der Waals surface area contributed by atoms with E-state index in [2.05, 4.69) is 19.3 Å². The number of rotatable bonds is 5. The molecule has 3 N–H and O–H groups in total. The van der Waals surface area contributed by atoms with E-state index >= 15 is 4.39 Å². The third-order valence-corrected chi connectivity index (χ3v) is 8.34. The lowest BCUT2D eigenvalue weighted by atomic mass is 10.1. The number of hydrogen-bond donors (Lipinski definition) is 2. The molecule has 0 atom stereocenters. The van der Waals surface area contributed by atoms with Gasteiger partial charge in [-0.05, 0) is 42.0 Å². The van der Waals surface area contributed by atoms with E-state index < -0.39 is 15.8 Å². The van der Waals surface area contributed by atoms with Crippen molar-refractivity contribution in [2.24, 2.45) is 0 Å². The molecule has 0 radical (unpaired) electrons. The number of nitrogen functional groups attached to an aromatic ring is 1. The van der Waals surface area contributed by atoms with Crippen LogP contribution in [0.25, 0.3) is 32.9 Å². The highest BCUT2D eigenvalue weighted by Gasteiger charge is 2.24. The Kier molecular flexibility index (Phi) is 5.37. The predicted octanol–water partition coefficient (Wildman–Crippen LogP) is 5.89. The standard InChI is InChI=1S/C27H24FN5O2S/c28-22-14-18(21-15-33(19-8-2-3-9-19)27-25(21)26(29)30-16-31-27)12-13-23(22)32-36(34,35)24-11-5-7-17-6-1-4-10-20(17)24/h1,4-7,10-16,19,32H,2-3,8-9H2,(H2,29,30,31). The number of anilines is 2.